The van der Waals surface area contributed by atoms with Crippen molar-refractivity contribution in [3.63, 3.8) is 0 Å². The van der Waals surface area contributed by atoms with E-state index in [4.69, 9.17) is 4.74 Å². The fourth-order valence-corrected chi connectivity index (χ4v) is 4.90. The van der Waals surface area contributed by atoms with Gasteiger partial charge in [-0.2, -0.15) is 0 Å². The van der Waals surface area contributed by atoms with E-state index in [1.807, 2.05) is 60.5 Å². The molecule has 7 nitrogen and oxygen atoms in total. The maximum atomic E-state index is 13.9. The first kappa shape index (κ1) is 20.7. The highest BCUT2D eigenvalue weighted by atomic mass is 16.5. The smallest absolute Gasteiger partial charge is 0.257 e. The highest BCUT2D eigenvalue weighted by Gasteiger charge is 2.57. The lowest BCUT2D eigenvalue weighted by molar-refractivity contribution is -0.173. The number of hydrogen-bond acceptors (Lipinski definition) is 6. The summed E-state index contributed by atoms with van der Waals surface area (Å²) in [4.78, 5) is 31.2. The highest BCUT2D eigenvalue weighted by Crippen LogP contribution is 2.42. The first-order valence-electron chi connectivity index (χ1n) is 11.0. The minimum absolute atomic E-state index is 0.0501. The summed E-state index contributed by atoms with van der Waals surface area (Å²) in [6.07, 6.45) is 7.15. The number of rotatable bonds is 5. The van der Waals surface area contributed by atoms with Crippen molar-refractivity contribution in [2.45, 2.75) is 31.5 Å². The van der Waals surface area contributed by atoms with Gasteiger partial charge in [0.15, 0.2) is 5.60 Å². The molecule has 32 heavy (non-hydrogen) atoms. The van der Waals surface area contributed by atoms with Crippen LogP contribution in [-0.4, -0.2) is 62.5 Å². The first-order valence-corrected chi connectivity index (χ1v) is 11.0. The van der Waals surface area contributed by atoms with Gasteiger partial charge < -0.3 is 9.64 Å². The van der Waals surface area contributed by atoms with Gasteiger partial charge >= 0.3 is 0 Å². The Morgan fingerprint density at radius 2 is 1.94 bits per heavy atom. The molecule has 1 amide bonds. The molecule has 164 valence electrons. The quantitative estimate of drug-likeness (QED) is 0.621. The van der Waals surface area contributed by atoms with Crippen LogP contribution in [0.2, 0.25) is 0 Å². The number of likely N-dealkylation sites (tertiary alicyclic amines) is 1. The Kier molecular flexibility index (Phi) is 5.68. The van der Waals surface area contributed by atoms with Crippen LogP contribution in [0.3, 0.4) is 0 Å². The standard InChI is InChI=1S/C25H27N5O2/c1-19-4-2-6-22(28-19)16-29-17-23(21-5-3-9-27-14-21)25(18-29)24(31)30(12-13-32-25)15-20-7-10-26-11-8-20/h2-11,14,23H,12-13,15-18H2,1H3/t23-,25-/m1/s1. The van der Waals surface area contributed by atoms with Gasteiger partial charge in [0.05, 0.1) is 12.3 Å². The monoisotopic (exact) mass is 429 g/mol. The zero-order valence-electron chi connectivity index (χ0n) is 18.2. The molecule has 2 saturated heterocycles. The molecule has 0 saturated carbocycles. The van der Waals surface area contributed by atoms with Crippen molar-refractivity contribution in [2.24, 2.45) is 0 Å². The van der Waals surface area contributed by atoms with Crippen LogP contribution < -0.4 is 0 Å². The number of pyridine rings is 3. The van der Waals surface area contributed by atoms with Gasteiger partial charge in [0.25, 0.3) is 5.91 Å². The second-order valence-electron chi connectivity index (χ2n) is 8.60. The number of aryl methyl sites for hydroxylation is 1. The van der Waals surface area contributed by atoms with Crippen LogP contribution in [0.15, 0.2) is 67.3 Å². The molecule has 2 atom stereocenters. The van der Waals surface area contributed by atoms with E-state index in [0.29, 0.717) is 32.8 Å². The van der Waals surface area contributed by atoms with Crippen LogP contribution in [0, 0.1) is 6.92 Å². The van der Waals surface area contributed by atoms with Crippen molar-refractivity contribution in [1.82, 2.24) is 24.8 Å². The molecule has 3 aromatic rings. The van der Waals surface area contributed by atoms with E-state index in [9.17, 15) is 4.79 Å². The van der Waals surface area contributed by atoms with E-state index in [1.165, 1.54) is 0 Å². The molecule has 0 aliphatic carbocycles. The number of carbonyl (C=O) groups excluding carboxylic acids is 1. The number of morpholine rings is 1. The third-order valence-corrected chi connectivity index (χ3v) is 6.37. The lowest BCUT2D eigenvalue weighted by atomic mass is 9.83. The summed E-state index contributed by atoms with van der Waals surface area (Å²) in [5.74, 6) is -0.0390. The molecule has 2 aliphatic rings. The fourth-order valence-electron chi connectivity index (χ4n) is 4.90. The Morgan fingerprint density at radius 1 is 1.06 bits per heavy atom. The minimum Gasteiger partial charge on any atom is -0.361 e. The second-order valence-corrected chi connectivity index (χ2v) is 8.60. The maximum Gasteiger partial charge on any atom is 0.257 e. The van der Waals surface area contributed by atoms with Gasteiger partial charge in [0.1, 0.15) is 0 Å². The average Bonchev–Trinajstić information content (AvgIpc) is 3.17. The Morgan fingerprint density at radius 3 is 2.72 bits per heavy atom. The van der Waals surface area contributed by atoms with Crippen molar-refractivity contribution in [3.05, 3.63) is 89.8 Å². The molecule has 2 aliphatic heterocycles. The summed E-state index contributed by atoms with van der Waals surface area (Å²) in [5, 5.41) is 0. The molecule has 2 fully saturated rings. The molecular formula is C25H27N5O2. The number of ether oxygens (including phenoxy) is 1. The highest BCUT2D eigenvalue weighted by molar-refractivity contribution is 5.88. The normalized spacial score (nSPS) is 23.7. The van der Waals surface area contributed by atoms with Crippen LogP contribution in [-0.2, 0) is 22.6 Å². The van der Waals surface area contributed by atoms with Crippen molar-refractivity contribution in [1.29, 1.82) is 0 Å². The Hall–Kier alpha value is -3.16. The number of amides is 1. The van der Waals surface area contributed by atoms with E-state index in [-0.39, 0.29) is 11.8 Å². The van der Waals surface area contributed by atoms with Crippen LogP contribution in [0.1, 0.15) is 28.4 Å². The van der Waals surface area contributed by atoms with Gasteiger partial charge in [-0.1, -0.05) is 12.1 Å². The molecule has 0 bridgehead atoms. The van der Waals surface area contributed by atoms with Crippen molar-refractivity contribution in [3.8, 4) is 0 Å². The van der Waals surface area contributed by atoms with Gasteiger partial charge in [0, 0.05) is 69.1 Å². The predicted molar refractivity (Wildman–Crippen MR) is 120 cm³/mol. The maximum absolute atomic E-state index is 13.9. The summed E-state index contributed by atoms with van der Waals surface area (Å²) >= 11 is 0. The minimum atomic E-state index is -0.919. The van der Waals surface area contributed by atoms with Crippen LogP contribution in [0.25, 0.3) is 0 Å². The summed E-state index contributed by atoms with van der Waals surface area (Å²) < 4.78 is 6.37. The fraction of sp³-hybridized carbons (Fsp3) is 0.360. The van der Waals surface area contributed by atoms with Crippen molar-refractivity contribution >= 4 is 5.91 Å². The molecular weight excluding hydrogens is 402 g/mol. The Bertz CT molecular complexity index is 1080. The molecule has 0 unspecified atom stereocenters. The molecule has 7 heteroatoms. The number of hydrogen-bond donors (Lipinski definition) is 0. The molecule has 0 radical (unpaired) electrons. The van der Waals surface area contributed by atoms with Gasteiger partial charge in [0.2, 0.25) is 0 Å². The number of nitrogens with zero attached hydrogens (tertiary/aromatic N) is 5. The van der Waals surface area contributed by atoms with Gasteiger partial charge in [-0.25, -0.2) is 0 Å². The molecule has 5 rings (SSSR count). The van der Waals surface area contributed by atoms with E-state index in [2.05, 4.69) is 19.9 Å². The molecule has 3 aromatic heterocycles. The molecule has 0 N–H and O–H groups in total. The summed E-state index contributed by atoms with van der Waals surface area (Å²) in [6.45, 7) is 5.60. The summed E-state index contributed by atoms with van der Waals surface area (Å²) in [5.41, 5.74) is 3.18. The molecule has 5 heterocycles. The largest absolute Gasteiger partial charge is 0.361 e. The van der Waals surface area contributed by atoms with E-state index in [0.717, 1.165) is 29.1 Å². The van der Waals surface area contributed by atoms with Crippen molar-refractivity contribution < 1.29 is 9.53 Å². The Labute approximate surface area is 188 Å². The van der Waals surface area contributed by atoms with Crippen LogP contribution >= 0.6 is 0 Å². The van der Waals surface area contributed by atoms with E-state index >= 15 is 0 Å². The Balaban J connectivity index is 1.45. The third-order valence-electron chi connectivity index (χ3n) is 6.37. The van der Waals surface area contributed by atoms with E-state index in [1.54, 1.807) is 18.6 Å². The lowest BCUT2D eigenvalue weighted by Crippen LogP contribution is -2.59. The first-order chi connectivity index (χ1) is 15.6. The average molecular weight is 430 g/mol. The van der Waals surface area contributed by atoms with Crippen molar-refractivity contribution in [2.75, 3.05) is 26.2 Å². The predicted octanol–water partition coefficient (Wildman–Crippen LogP) is 2.58. The zero-order chi connectivity index (χ0) is 22.0. The SMILES string of the molecule is Cc1cccc(CN2C[C@H](c3cccnc3)[C@@]3(C2)OCCN(Cc2ccncc2)C3=O)n1. The van der Waals surface area contributed by atoms with Gasteiger partial charge in [-0.15, -0.1) is 0 Å². The zero-order valence-corrected chi connectivity index (χ0v) is 18.2. The summed E-state index contributed by atoms with van der Waals surface area (Å²) in [6, 6.07) is 14.0. The van der Waals surface area contributed by atoms with Gasteiger partial charge in [-0.05, 0) is 48.4 Å². The third kappa shape index (κ3) is 4.01. The number of aromatic nitrogens is 3. The molecule has 1 spiro atoms. The topological polar surface area (TPSA) is 71.5 Å². The second kappa shape index (κ2) is 8.76. The molecule has 0 aromatic carbocycles. The summed E-state index contributed by atoms with van der Waals surface area (Å²) in [7, 11) is 0. The van der Waals surface area contributed by atoms with Gasteiger partial charge in [-0.3, -0.25) is 24.6 Å². The van der Waals surface area contributed by atoms with E-state index < -0.39 is 5.60 Å². The number of carbonyl (C=O) groups is 1. The lowest BCUT2D eigenvalue weighted by Gasteiger charge is -2.42. The van der Waals surface area contributed by atoms with Crippen LogP contribution in [0.4, 0.5) is 0 Å². The van der Waals surface area contributed by atoms with Crippen LogP contribution in [0.5, 0.6) is 0 Å².